The average molecular weight is 537 g/mol. The summed E-state index contributed by atoms with van der Waals surface area (Å²) in [5, 5.41) is 3.85. The van der Waals surface area contributed by atoms with E-state index in [-0.39, 0.29) is 30.8 Å². The second-order valence-electron chi connectivity index (χ2n) is 11.7. The number of carbonyl (C=O) groups is 3. The van der Waals surface area contributed by atoms with E-state index in [2.05, 4.69) is 27.9 Å². The molecule has 3 heterocycles. The number of primary amides is 1. The Labute approximate surface area is 229 Å². The van der Waals surface area contributed by atoms with E-state index in [0.29, 0.717) is 17.0 Å². The molecule has 4 fully saturated rings. The van der Waals surface area contributed by atoms with Gasteiger partial charge in [-0.1, -0.05) is 43.4 Å². The Bertz CT molecular complexity index is 1140. The van der Waals surface area contributed by atoms with E-state index in [1.165, 1.54) is 0 Å². The zero-order valence-electron chi connectivity index (χ0n) is 22.8. The van der Waals surface area contributed by atoms with Gasteiger partial charge in [-0.3, -0.25) is 14.4 Å². The molecule has 2 N–H and O–H groups in total. The van der Waals surface area contributed by atoms with Crippen LogP contribution in [0.1, 0.15) is 91.6 Å². The number of Topliss-reactive ketones (excluding diaryl/α,β-unsaturated/α-hetero) is 1. The third-order valence-electron chi connectivity index (χ3n) is 9.30. The summed E-state index contributed by atoms with van der Waals surface area (Å²) in [6.07, 6.45) is 7.49. The molecule has 4 atom stereocenters. The van der Waals surface area contributed by atoms with E-state index in [1.807, 2.05) is 6.07 Å². The molecule has 1 aromatic rings. The van der Waals surface area contributed by atoms with E-state index >= 15 is 0 Å². The maximum Gasteiger partial charge on any atom is 0.249 e. The lowest BCUT2D eigenvalue weighted by molar-refractivity contribution is -0.139. The van der Waals surface area contributed by atoms with E-state index in [0.717, 1.165) is 76.6 Å². The molecule has 4 aliphatic rings. The van der Waals surface area contributed by atoms with Crippen LogP contribution in [0.3, 0.4) is 0 Å². The monoisotopic (exact) mass is 536 g/mol. The minimum absolute atomic E-state index is 0.0420. The van der Waals surface area contributed by atoms with Crippen LogP contribution in [0.15, 0.2) is 23.3 Å². The van der Waals surface area contributed by atoms with Crippen LogP contribution < -0.4 is 5.73 Å². The topological polar surface area (TPSA) is 142 Å². The minimum atomic E-state index is -0.762. The standard InChI is InChI=1S/C29H40N6O4/c1-2-12-34-13-10-18(11-14-34)20-8-9-21(28(30)37)22(15-20)25(19-6-4-3-5-7-19)29(38)35-16-23(32-33-31)27-26(35)24(36)17-39-27/h8-9,15,18-19,23,25-27H,2-7,10-14,16-17H2,1H3,(H2,30,37)/t23-,25-,26+,27+/m0/s1. The van der Waals surface area contributed by atoms with Gasteiger partial charge >= 0.3 is 0 Å². The molecule has 3 aliphatic heterocycles. The average Bonchev–Trinajstić information content (AvgIpc) is 3.51. The summed E-state index contributed by atoms with van der Waals surface area (Å²) >= 11 is 0. The predicted octanol–water partition coefficient (Wildman–Crippen LogP) is 3.90. The number of nitrogens with two attached hydrogens (primary N) is 1. The smallest absolute Gasteiger partial charge is 0.249 e. The lowest BCUT2D eigenvalue weighted by Crippen LogP contribution is -2.46. The highest BCUT2D eigenvalue weighted by Gasteiger charge is 2.53. The highest BCUT2D eigenvalue weighted by Crippen LogP contribution is 2.42. The van der Waals surface area contributed by atoms with Crippen molar-refractivity contribution in [1.82, 2.24) is 9.80 Å². The van der Waals surface area contributed by atoms with Crippen LogP contribution in [0, 0.1) is 5.92 Å². The van der Waals surface area contributed by atoms with Gasteiger partial charge in [-0.2, -0.15) is 0 Å². The summed E-state index contributed by atoms with van der Waals surface area (Å²) < 4.78 is 5.67. The fourth-order valence-corrected chi connectivity index (χ4v) is 7.38. The van der Waals surface area contributed by atoms with Crippen LogP contribution in [0.2, 0.25) is 0 Å². The molecule has 0 aromatic heterocycles. The van der Waals surface area contributed by atoms with E-state index in [1.54, 1.807) is 11.0 Å². The van der Waals surface area contributed by atoms with Crippen LogP contribution in [0.25, 0.3) is 10.4 Å². The van der Waals surface area contributed by atoms with Crippen molar-refractivity contribution in [2.45, 2.75) is 88.3 Å². The molecular formula is C29H40N6O4. The zero-order chi connectivity index (χ0) is 27.5. The molecular weight excluding hydrogens is 496 g/mol. The van der Waals surface area contributed by atoms with Crippen LogP contribution in [-0.4, -0.2) is 78.4 Å². The van der Waals surface area contributed by atoms with Gasteiger partial charge in [0.1, 0.15) is 12.6 Å². The van der Waals surface area contributed by atoms with E-state index in [4.69, 9.17) is 16.0 Å². The number of fused-ring (bicyclic) bond motifs is 1. The fourth-order valence-electron chi connectivity index (χ4n) is 7.38. The van der Waals surface area contributed by atoms with Gasteiger partial charge in [-0.15, -0.1) is 0 Å². The quantitative estimate of drug-likeness (QED) is 0.305. The van der Waals surface area contributed by atoms with Crippen molar-refractivity contribution in [2.24, 2.45) is 16.8 Å². The van der Waals surface area contributed by atoms with Gasteiger partial charge in [0.05, 0.1) is 18.1 Å². The number of nitrogens with zero attached hydrogens (tertiary/aromatic N) is 5. The first-order chi connectivity index (χ1) is 18.9. The summed E-state index contributed by atoms with van der Waals surface area (Å²) in [7, 11) is 0. The van der Waals surface area contributed by atoms with Gasteiger partial charge in [0.25, 0.3) is 0 Å². The third kappa shape index (κ3) is 5.55. The molecule has 0 spiro atoms. The van der Waals surface area contributed by atoms with Crippen LogP contribution >= 0.6 is 0 Å². The lowest BCUT2D eigenvalue weighted by Gasteiger charge is -2.36. The molecule has 10 heteroatoms. The number of benzene rings is 1. The van der Waals surface area contributed by atoms with Crippen molar-refractivity contribution in [3.05, 3.63) is 45.3 Å². The molecule has 0 unspecified atom stereocenters. The fraction of sp³-hybridized carbons (Fsp3) is 0.690. The lowest BCUT2D eigenvalue weighted by atomic mass is 9.73. The number of hydrogen-bond acceptors (Lipinski definition) is 6. The first-order valence-electron chi connectivity index (χ1n) is 14.6. The number of carbonyl (C=O) groups excluding carboxylic acids is 3. The molecule has 10 nitrogen and oxygen atoms in total. The maximum atomic E-state index is 14.5. The SMILES string of the molecule is CCCN1CCC(c2ccc(C(N)=O)c([C@@H](C(=O)N3C[C@H](N=[N+]=[N-])[C@H]4OCC(=O)[C@H]43)C3CCCCC3)c2)CC1. The molecule has 2 amide bonds. The van der Waals surface area contributed by atoms with Gasteiger partial charge in [-0.25, -0.2) is 0 Å². The third-order valence-corrected chi connectivity index (χ3v) is 9.30. The summed E-state index contributed by atoms with van der Waals surface area (Å²) in [6.45, 7) is 5.42. The van der Waals surface area contributed by atoms with E-state index < -0.39 is 30.0 Å². The largest absolute Gasteiger partial charge is 0.367 e. The van der Waals surface area contributed by atoms with Gasteiger partial charge in [0.2, 0.25) is 11.8 Å². The number of azide groups is 1. The number of amides is 2. The molecule has 3 saturated heterocycles. The van der Waals surface area contributed by atoms with Crippen molar-refractivity contribution in [3.63, 3.8) is 0 Å². The Hall–Kier alpha value is -2.94. The molecule has 1 aromatic carbocycles. The van der Waals surface area contributed by atoms with Crippen molar-refractivity contribution in [1.29, 1.82) is 0 Å². The second-order valence-corrected chi connectivity index (χ2v) is 11.7. The molecule has 5 rings (SSSR count). The zero-order valence-corrected chi connectivity index (χ0v) is 22.8. The molecule has 1 saturated carbocycles. The number of rotatable bonds is 8. The Balaban J connectivity index is 1.51. The first-order valence-corrected chi connectivity index (χ1v) is 14.6. The number of piperidine rings is 1. The number of hydrogen-bond donors (Lipinski definition) is 1. The van der Waals surface area contributed by atoms with Crippen molar-refractivity contribution < 1.29 is 19.1 Å². The van der Waals surface area contributed by atoms with Gasteiger partial charge in [0, 0.05) is 17.0 Å². The van der Waals surface area contributed by atoms with Gasteiger partial charge in [0.15, 0.2) is 5.78 Å². The molecule has 0 radical (unpaired) electrons. The van der Waals surface area contributed by atoms with Gasteiger partial charge in [-0.05, 0) is 86.3 Å². The summed E-state index contributed by atoms with van der Waals surface area (Å²) in [5.74, 6) is -1.10. The maximum absolute atomic E-state index is 14.5. The Morgan fingerprint density at radius 3 is 2.59 bits per heavy atom. The highest BCUT2D eigenvalue weighted by atomic mass is 16.5. The van der Waals surface area contributed by atoms with Gasteiger partial charge < -0.3 is 20.3 Å². The highest BCUT2D eigenvalue weighted by molar-refractivity contribution is 5.99. The Kier molecular flexibility index (Phi) is 8.54. The van der Waals surface area contributed by atoms with Crippen molar-refractivity contribution in [2.75, 3.05) is 32.8 Å². The molecule has 39 heavy (non-hydrogen) atoms. The minimum Gasteiger partial charge on any atom is -0.367 e. The molecule has 1 aliphatic carbocycles. The second kappa shape index (κ2) is 12.1. The van der Waals surface area contributed by atoms with Crippen molar-refractivity contribution >= 4 is 17.6 Å². The van der Waals surface area contributed by atoms with Crippen molar-refractivity contribution in [3.8, 4) is 0 Å². The van der Waals surface area contributed by atoms with Crippen LogP contribution in [0.4, 0.5) is 0 Å². The molecule has 210 valence electrons. The van der Waals surface area contributed by atoms with Crippen LogP contribution in [-0.2, 0) is 14.3 Å². The summed E-state index contributed by atoms with van der Waals surface area (Å²) in [5.41, 5.74) is 17.2. The number of likely N-dealkylation sites (tertiary alicyclic amines) is 2. The summed E-state index contributed by atoms with van der Waals surface area (Å²) in [6, 6.07) is 4.49. The predicted molar refractivity (Wildman–Crippen MR) is 146 cm³/mol. The summed E-state index contributed by atoms with van der Waals surface area (Å²) in [4.78, 5) is 47.0. The number of ketones is 1. The normalized spacial score (nSPS) is 27.3. The number of ether oxygens (including phenoxy) is 1. The Morgan fingerprint density at radius 1 is 1.18 bits per heavy atom. The molecule has 0 bridgehead atoms. The first kappa shape index (κ1) is 27.6. The Morgan fingerprint density at radius 2 is 1.92 bits per heavy atom. The van der Waals surface area contributed by atoms with Crippen LogP contribution in [0.5, 0.6) is 0 Å². The van der Waals surface area contributed by atoms with E-state index in [9.17, 15) is 14.4 Å².